The Morgan fingerprint density at radius 3 is 1.88 bits per heavy atom. The number of benzene rings is 2. The fourth-order valence-electron chi connectivity index (χ4n) is 4.76. The lowest BCUT2D eigenvalue weighted by molar-refractivity contribution is -0.107. The fraction of sp³-hybridized carbons (Fsp3) is 0.364. The largest absolute Gasteiger partial charge is 0.504 e. The molecule has 0 spiro atoms. The first-order valence-corrected chi connectivity index (χ1v) is 13.8. The van der Waals surface area contributed by atoms with Crippen molar-refractivity contribution < 1.29 is 18.6 Å². The van der Waals surface area contributed by atoms with Gasteiger partial charge in [-0.05, 0) is 68.9 Å². The number of carbonyl (C=O) groups is 1. The first-order valence-electron chi connectivity index (χ1n) is 13.1. The van der Waals surface area contributed by atoms with E-state index < -0.39 is 0 Å². The second-order valence-corrected chi connectivity index (χ2v) is 10.8. The molecule has 218 valence electrons. The van der Waals surface area contributed by atoms with Crippen LogP contribution in [-0.4, -0.2) is 23.7 Å². The number of halogens is 2. The highest BCUT2D eigenvalue weighted by atomic mass is 35.5. The number of nitrogens with zero attached hydrogens (tertiary/aromatic N) is 2. The van der Waals surface area contributed by atoms with Crippen molar-refractivity contribution in [3.05, 3.63) is 86.5 Å². The summed E-state index contributed by atoms with van der Waals surface area (Å²) in [5.41, 5.74) is 7.31. The Labute approximate surface area is 252 Å². The van der Waals surface area contributed by atoms with E-state index in [0.717, 1.165) is 88.3 Å². The number of hydrogen-bond acceptors (Lipinski definition) is 6. The van der Waals surface area contributed by atoms with Gasteiger partial charge in [0.15, 0.2) is 0 Å². The summed E-state index contributed by atoms with van der Waals surface area (Å²) in [6, 6.07) is 11.6. The minimum Gasteiger partial charge on any atom is -0.504 e. The van der Waals surface area contributed by atoms with E-state index in [1.54, 1.807) is 13.4 Å². The van der Waals surface area contributed by atoms with E-state index in [1.165, 1.54) is 0 Å². The van der Waals surface area contributed by atoms with Crippen LogP contribution >= 0.6 is 23.2 Å². The summed E-state index contributed by atoms with van der Waals surface area (Å²) in [7, 11) is 1.63. The average molecular weight is 598 g/mol. The molecule has 41 heavy (non-hydrogen) atoms. The van der Waals surface area contributed by atoms with Gasteiger partial charge in [0.2, 0.25) is 0 Å². The van der Waals surface area contributed by atoms with Crippen LogP contribution in [0.3, 0.4) is 0 Å². The van der Waals surface area contributed by atoms with Crippen molar-refractivity contribution in [3.8, 4) is 22.5 Å². The Balaban J connectivity index is 0.000000215. The molecule has 0 unspecified atom stereocenters. The van der Waals surface area contributed by atoms with Crippen LogP contribution in [0.4, 0.5) is 0 Å². The number of aryl methyl sites for hydroxylation is 2. The Bertz CT molecular complexity index is 1470. The predicted molar refractivity (Wildman–Crippen MR) is 167 cm³/mol. The van der Waals surface area contributed by atoms with Gasteiger partial charge in [0, 0.05) is 40.5 Å². The van der Waals surface area contributed by atoms with Gasteiger partial charge in [0.25, 0.3) is 0 Å². The smallest absolute Gasteiger partial charge is 0.147 e. The summed E-state index contributed by atoms with van der Waals surface area (Å²) in [6.45, 7) is 4.01. The number of carbonyl (C=O) groups excluding carboxylic acids is 1. The first-order chi connectivity index (χ1) is 18.9. The zero-order valence-corrected chi connectivity index (χ0v) is 23.7. The van der Waals surface area contributed by atoms with E-state index in [0.29, 0.717) is 28.3 Å². The van der Waals surface area contributed by atoms with Gasteiger partial charge in [-0.3, -0.25) is 0 Å². The van der Waals surface area contributed by atoms with Gasteiger partial charge in [-0.15, -0.1) is 0 Å². The quantitative estimate of drug-likeness (QED) is 0.149. The highest BCUT2D eigenvalue weighted by Crippen LogP contribution is 2.46. The molecule has 2 heterocycles. The third-order valence-corrected chi connectivity index (χ3v) is 7.68. The molecule has 0 atom stereocenters. The van der Waals surface area contributed by atoms with Crippen LogP contribution < -0.4 is 0 Å². The van der Waals surface area contributed by atoms with Crippen LogP contribution in [0.15, 0.2) is 51.7 Å². The van der Waals surface area contributed by atoms with Gasteiger partial charge in [0.05, 0.1) is 23.4 Å². The number of aldehydes is 1. The summed E-state index contributed by atoms with van der Waals surface area (Å²) in [5.74, 6) is 2.71. The molecule has 6 nitrogen and oxygen atoms in total. The Morgan fingerprint density at radius 1 is 0.854 bits per heavy atom. The fourth-order valence-corrected chi connectivity index (χ4v) is 5.38. The number of aromatic nitrogens is 2. The first kappa shape index (κ1) is 32.2. The van der Waals surface area contributed by atoms with E-state index in [-0.39, 0.29) is 14.9 Å². The van der Waals surface area contributed by atoms with Gasteiger partial charge in [0.1, 0.15) is 29.2 Å². The monoisotopic (exact) mass is 596 g/mol. The molecule has 2 saturated carbocycles. The third kappa shape index (κ3) is 6.94. The highest BCUT2D eigenvalue weighted by Gasteiger charge is 2.33. The van der Waals surface area contributed by atoms with E-state index in [4.69, 9.17) is 37.0 Å². The number of hydrogen-bond donors (Lipinski definition) is 0. The molecule has 0 aliphatic heterocycles. The number of methoxy groups -OCH3 is 1. The van der Waals surface area contributed by atoms with Crippen molar-refractivity contribution >= 4 is 35.6 Å². The van der Waals surface area contributed by atoms with Gasteiger partial charge >= 0.3 is 0 Å². The second-order valence-electron chi connectivity index (χ2n) is 10.0. The van der Waals surface area contributed by atoms with Crippen molar-refractivity contribution in [2.75, 3.05) is 7.11 Å². The lowest BCUT2D eigenvalue weighted by Crippen LogP contribution is -1.94. The molecule has 0 radical (unpaired) electrons. The molecule has 0 saturated heterocycles. The van der Waals surface area contributed by atoms with Crippen LogP contribution in [0.2, 0.25) is 10.0 Å². The van der Waals surface area contributed by atoms with E-state index >= 15 is 0 Å². The summed E-state index contributed by atoms with van der Waals surface area (Å²) >= 11 is 12.6. The maximum absolute atomic E-state index is 10.9. The molecule has 2 aromatic carbocycles. The summed E-state index contributed by atoms with van der Waals surface area (Å²) in [4.78, 5) is 10.9. The molecule has 2 fully saturated rings. The summed E-state index contributed by atoms with van der Waals surface area (Å²) in [5, 5.41) is 9.75. The molecule has 0 amide bonds. The molecule has 4 aromatic rings. The normalized spacial score (nSPS) is 14.1. The maximum atomic E-state index is 10.9. The zero-order valence-electron chi connectivity index (χ0n) is 22.2. The van der Waals surface area contributed by atoms with Gasteiger partial charge < -0.3 is 18.6 Å². The SMILES string of the molecule is C.C.CO/C=C/c1c(-c2c(C)cccc2Cl)noc1C1CC1.Cc1cccc(Cl)c1-c1noc(C2CC2)c1CC=O. The van der Waals surface area contributed by atoms with Crippen LogP contribution in [0, 0.1) is 13.8 Å². The van der Waals surface area contributed by atoms with Crippen molar-refractivity contribution in [1.29, 1.82) is 0 Å². The van der Waals surface area contributed by atoms with E-state index in [9.17, 15) is 4.79 Å². The van der Waals surface area contributed by atoms with Crippen LogP contribution in [0.25, 0.3) is 28.6 Å². The van der Waals surface area contributed by atoms with Crippen molar-refractivity contribution in [1.82, 2.24) is 10.3 Å². The minimum absolute atomic E-state index is 0. The molecule has 8 heteroatoms. The molecule has 2 aliphatic carbocycles. The Morgan fingerprint density at radius 2 is 1.37 bits per heavy atom. The van der Waals surface area contributed by atoms with Crippen molar-refractivity contribution in [2.45, 2.75) is 72.6 Å². The van der Waals surface area contributed by atoms with Crippen molar-refractivity contribution in [3.63, 3.8) is 0 Å². The minimum atomic E-state index is 0. The van der Waals surface area contributed by atoms with Gasteiger partial charge in [-0.1, -0.05) is 72.6 Å². The molecule has 6 rings (SSSR count). The van der Waals surface area contributed by atoms with Crippen molar-refractivity contribution in [2.24, 2.45) is 0 Å². The molecule has 2 aromatic heterocycles. The second kappa shape index (κ2) is 14.0. The van der Waals surface area contributed by atoms with Crippen LogP contribution in [-0.2, 0) is 16.0 Å². The molecule has 0 bridgehead atoms. The molecular weight excluding hydrogens is 559 g/mol. The third-order valence-electron chi connectivity index (χ3n) is 7.05. The summed E-state index contributed by atoms with van der Waals surface area (Å²) in [6.07, 6.45) is 9.32. The van der Waals surface area contributed by atoms with Gasteiger partial charge in [-0.2, -0.15) is 0 Å². The topological polar surface area (TPSA) is 78.4 Å². The number of rotatable bonds is 8. The number of ether oxygens (including phenoxy) is 1. The average Bonchev–Trinajstić information content (AvgIpc) is 3.85. The Kier molecular flexibility index (Phi) is 11.0. The van der Waals surface area contributed by atoms with E-state index in [2.05, 4.69) is 10.3 Å². The van der Waals surface area contributed by atoms with E-state index in [1.807, 2.05) is 56.3 Å². The van der Waals surface area contributed by atoms with Crippen LogP contribution in [0.5, 0.6) is 0 Å². The molecular formula is C33H38Cl2N2O4. The van der Waals surface area contributed by atoms with Crippen LogP contribution in [0.1, 0.15) is 86.1 Å². The lowest BCUT2D eigenvalue weighted by atomic mass is 9.99. The Hall–Kier alpha value is -3.35. The summed E-state index contributed by atoms with van der Waals surface area (Å²) < 4.78 is 16.1. The lowest BCUT2D eigenvalue weighted by Gasteiger charge is -2.06. The zero-order chi connectivity index (χ0) is 27.5. The highest BCUT2D eigenvalue weighted by molar-refractivity contribution is 6.33. The molecule has 0 N–H and O–H groups in total. The molecule has 2 aliphatic rings. The standard InChI is InChI=1S/C16H16ClNO2.C15H14ClNO2.2CH4/c1-10-4-3-5-13(17)14(10)15-12(8-9-19-2)16(20-18-15)11-6-7-11;1-9-3-2-4-12(16)13(9)14-11(7-8-18)15(19-17-14)10-5-6-10;;/h3-5,8-9,11H,6-7H2,1-2H3;2-4,8,10H,5-7H2,1H3;2*1H4/b9-8+;;;. The maximum Gasteiger partial charge on any atom is 0.147 e. The van der Waals surface area contributed by atoms with Gasteiger partial charge in [-0.25, -0.2) is 0 Å². The predicted octanol–water partition coefficient (Wildman–Crippen LogP) is 9.99.